The highest BCUT2D eigenvalue weighted by Crippen LogP contribution is 2.32. The van der Waals surface area contributed by atoms with E-state index in [-0.39, 0.29) is 0 Å². The molecule has 0 fully saturated rings. The first kappa shape index (κ1) is 14.8. The van der Waals surface area contributed by atoms with Crippen LogP contribution in [-0.4, -0.2) is 14.7 Å². The largest absolute Gasteiger partial charge is 0.380 e. The summed E-state index contributed by atoms with van der Waals surface area (Å²) < 4.78 is 24.5. The molecule has 3 nitrogen and oxygen atoms in total. The van der Waals surface area contributed by atoms with E-state index in [4.69, 9.17) is 11.6 Å². The second-order valence-electron chi connectivity index (χ2n) is 3.99. The van der Waals surface area contributed by atoms with E-state index in [1.54, 1.807) is 18.2 Å². The normalized spacial score (nSPS) is 11.5. The van der Waals surface area contributed by atoms with Crippen molar-refractivity contribution < 1.29 is 8.42 Å². The molecule has 0 bridgehead atoms. The van der Waals surface area contributed by atoms with Gasteiger partial charge in [-0.1, -0.05) is 17.7 Å². The summed E-state index contributed by atoms with van der Waals surface area (Å²) in [5, 5.41) is 3.18. The van der Waals surface area contributed by atoms with E-state index >= 15 is 0 Å². The fourth-order valence-corrected chi connectivity index (χ4v) is 3.90. The maximum absolute atomic E-state index is 11.5. The molecule has 0 unspecified atom stereocenters. The predicted molar refractivity (Wildman–Crippen MR) is 83.9 cm³/mol. The lowest BCUT2D eigenvalue weighted by Crippen LogP contribution is -2.01. The molecule has 102 valence electrons. The number of halogens is 2. The van der Waals surface area contributed by atoms with Crippen LogP contribution in [0.15, 0.2) is 39.7 Å². The zero-order valence-corrected chi connectivity index (χ0v) is 14.0. The Bertz CT molecular complexity index is 678. The van der Waals surface area contributed by atoms with Gasteiger partial charge in [0.1, 0.15) is 4.34 Å². The van der Waals surface area contributed by atoms with Crippen molar-refractivity contribution in [3.8, 4) is 0 Å². The smallest absolute Gasteiger partial charge is 0.175 e. The number of rotatable bonds is 4. The van der Waals surface area contributed by atoms with Crippen LogP contribution in [-0.2, 0) is 16.4 Å². The number of hydrogen-bond donors (Lipinski definition) is 1. The van der Waals surface area contributed by atoms with Crippen LogP contribution < -0.4 is 5.32 Å². The molecule has 0 radical (unpaired) electrons. The van der Waals surface area contributed by atoms with E-state index in [9.17, 15) is 8.42 Å². The minimum atomic E-state index is -3.18. The average Bonchev–Trinajstić information content (AvgIpc) is 2.66. The highest BCUT2D eigenvalue weighted by Gasteiger charge is 2.08. The second-order valence-corrected chi connectivity index (χ2v) is 8.60. The Labute approximate surface area is 129 Å². The minimum Gasteiger partial charge on any atom is -0.380 e. The second kappa shape index (κ2) is 5.83. The zero-order valence-electron chi connectivity index (χ0n) is 9.98. The Kier molecular flexibility index (Phi) is 4.55. The van der Waals surface area contributed by atoms with Gasteiger partial charge in [0.2, 0.25) is 0 Å². The van der Waals surface area contributed by atoms with Crippen LogP contribution >= 0.6 is 38.9 Å². The van der Waals surface area contributed by atoms with Gasteiger partial charge in [-0.3, -0.25) is 0 Å². The van der Waals surface area contributed by atoms with Crippen LogP contribution in [0.2, 0.25) is 4.34 Å². The number of thiophene rings is 1. The molecule has 0 amide bonds. The Balaban J connectivity index is 2.12. The Morgan fingerprint density at radius 2 is 2.11 bits per heavy atom. The summed E-state index contributed by atoms with van der Waals surface area (Å²) in [6.45, 7) is 0.600. The first-order valence-corrected chi connectivity index (χ1v) is 9.22. The number of nitrogens with one attached hydrogen (secondary N) is 1. The molecule has 1 aromatic heterocycles. The summed E-state index contributed by atoms with van der Waals surface area (Å²) >= 11 is 10.8. The molecule has 0 saturated heterocycles. The van der Waals surface area contributed by atoms with Crippen molar-refractivity contribution in [1.29, 1.82) is 0 Å². The quantitative estimate of drug-likeness (QED) is 0.865. The first-order valence-electron chi connectivity index (χ1n) is 5.34. The van der Waals surface area contributed by atoms with Crippen molar-refractivity contribution in [2.24, 2.45) is 0 Å². The molecule has 0 aliphatic rings. The predicted octanol–water partition coefficient (Wildman–Crippen LogP) is 4.18. The SMILES string of the molecule is CS(=O)(=O)c1cccc(NCc2cc(Br)c(Cl)s2)c1. The third kappa shape index (κ3) is 3.95. The Hall–Kier alpha value is -0.560. The highest BCUT2D eigenvalue weighted by molar-refractivity contribution is 9.10. The fourth-order valence-electron chi connectivity index (χ4n) is 1.50. The third-order valence-electron chi connectivity index (χ3n) is 2.43. The molecule has 7 heteroatoms. The maximum atomic E-state index is 11.5. The molecule has 19 heavy (non-hydrogen) atoms. The van der Waals surface area contributed by atoms with Gasteiger partial charge in [0.25, 0.3) is 0 Å². The standard InChI is InChI=1S/C12H11BrClNO2S2/c1-19(16,17)10-4-2-3-8(5-10)15-7-9-6-11(13)12(14)18-9/h2-6,15H,7H2,1H3. The summed E-state index contributed by atoms with van der Waals surface area (Å²) in [4.78, 5) is 1.38. The molecule has 0 spiro atoms. The molecule has 1 N–H and O–H groups in total. The Morgan fingerprint density at radius 1 is 1.37 bits per heavy atom. The van der Waals surface area contributed by atoms with E-state index in [1.165, 1.54) is 17.6 Å². The third-order valence-corrected chi connectivity index (χ3v) is 6.01. The zero-order chi connectivity index (χ0) is 14.0. The summed E-state index contributed by atoms with van der Waals surface area (Å²) in [7, 11) is -3.18. The van der Waals surface area contributed by atoms with Crippen molar-refractivity contribution in [3.63, 3.8) is 0 Å². The molecule has 0 aliphatic heterocycles. The number of sulfone groups is 1. The van der Waals surface area contributed by atoms with Gasteiger partial charge in [-0.2, -0.15) is 0 Å². The highest BCUT2D eigenvalue weighted by atomic mass is 79.9. The monoisotopic (exact) mass is 379 g/mol. The van der Waals surface area contributed by atoms with E-state index < -0.39 is 9.84 Å². The van der Waals surface area contributed by atoms with Crippen LogP contribution in [0, 0.1) is 0 Å². The summed E-state index contributed by atoms with van der Waals surface area (Å²) in [6, 6.07) is 8.70. The Morgan fingerprint density at radius 3 is 2.68 bits per heavy atom. The van der Waals surface area contributed by atoms with Crippen molar-refractivity contribution >= 4 is 54.4 Å². The molecular formula is C12H11BrClNO2S2. The van der Waals surface area contributed by atoms with Gasteiger partial charge in [-0.25, -0.2) is 8.42 Å². The molecule has 1 aromatic carbocycles. The molecule has 1 heterocycles. The lowest BCUT2D eigenvalue weighted by atomic mass is 10.3. The molecule has 0 atom stereocenters. The van der Waals surface area contributed by atoms with Crippen LogP contribution in [0.4, 0.5) is 5.69 Å². The lowest BCUT2D eigenvalue weighted by molar-refractivity contribution is 0.602. The number of hydrogen-bond acceptors (Lipinski definition) is 4. The van der Waals surface area contributed by atoms with Crippen molar-refractivity contribution in [3.05, 3.63) is 44.0 Å². The number of benzene rings is 1. The van der Waals surface area contributed by atoms with Gasteiger partial charge < -0.3 is 5.32 Å². The van der Waals surface area contributed by atoms with Crippen molar-refractivity contribution in [1.82, 2.24) is 0 Å². The summed E-state index contributed by atoms with van der Waals surface area (Å²) in [6.07, 6.45) is 1.20. The van der Waals surface area contributed by atoms with E-state index in [0.29, 0.717) is 15.8 Å². The summed E-state index contributed by atoms with van der Waals surface area (Å²) in [5.74, 6) is 0. The fraction of sp³-hybridized carbons (Fsp3) is 0.167. The molecular weight excluding hydrogens is 370 g/mol. The van der Waals surface area contributed by atoms with Crippen LogP contribution in [0.25, 0.3) is 0 Å². The topological polar surface area (TPSA) is 46.2 Å². The molecule has 2 rings (SSSR count). The maximum Gasteiger partial charge on any atom is 0.175 e. The van der Waals surface area contributed by atoms with Gasteiger partial charge in [-0.15, -0.1) is 11.3 Å². The van der Waals surface area contributed by atoms with Gasteiger partial charge in [-0.05, 0) is 40.2 Å². The van der Waals surface area contributed by atoms with Gasteiger partial charge in [0.15, 0.2) is 9.84 Å². The van der Waals surface area contributed by atoms with Gasteiger partial charge in [0, 0.05) is 27.8 Å². The molecule has 2 aromatic rings. The van der Waals surface area contributed by atoms with Gasteiger partial charge >= 0.3 is 0 Å². The van der Waals surface area contributed by atoms with Crippen molar-refractivity contribution in [2.75, 3.05) is 11.6 Å². The van der Waals surface area contributed by atoms with E-state index in [0.717, 1.165) is 15.0 Å². The average molecular weight is 381 g/mol. The lowest BCUT2D eigenvalue weighted by Gasteiger charge is -2.06. The van der Waals surface area contributed by atoms with Crippen LogP contribution in [0.3, 0.4) is 0 Å². The molecule has 0 aliphatic carbocycles. The number of anilines is 1. The van der Waals surface area contributed by atoms with Crippen LogP contribution in [0.1, 0.15) is 4.88 Å². The summed E-state index contributed by atoms with van der Waals surface area (Å²) in [5.41, 5.74) is 0.767. The minimum absolute atomic E-state index is 0.308. The van der Waals surface area contributed by atoms with E-state index in [1.807, 2.05) is 12.1 Å². The van der Waals surface area contributed by atoms with Gasteiger partial charge in [0.05, 0.1) is 4.90 Å². The van der Waals surface area contributed by atoms with E-state index in [2.05, 4.69) is 21.2 Å². The van der Waals surface area contributed by atoms with Crippen molar-refractivity contribution in [2.45, 2.75) is 11.4 Å². The first-order chi connectivity index (χ1) is 8.86. The molecule has 0 saturated carbocycles. The van der Waals surface area contributed by atoms with Crippen LogP contribution in [0.5, 0.6) is 0 Å².